The van der Waals surface area contributed by atoms with E-state index in [-0.39, 0.29) is 0 Å². The first-order valence-corrected chi connectivity index (χ1v) is 5.33. The number of anilines is 1. The summed E-state index contributed by atoms with van der Waals surface area (Å²) in [4.78, 5) is 6.56. The molecule has 2 rings (SSSR count). The number of nitrogens with zero attached hydrogens (tertiary/aromatic N) is 2. The molecule has 3 nitrogen and oxygen atoms in total. The van der Waals surface area contributed by atoms with Crippen LogP contribution in [0.15, 0.2) is 29.3 Å². The predicted octanol–water partition coefficient (Wildman–Crippen LogP) is 1.49. The van der Waals surface area contributed by atoms with E-state index in [1.165, 1.54) is 11.3 Å². The molecule has 0 amide bonds. The fraction of sp³-hybridized carbons (Fsp3) is 0.417. The van der Waals surface area contributed by atoms with Gasteiger partial charge in [0.15, 0.2) is 0 Å². The zero-order valence-corrected chi connectivity index (χ0v) is 9.33. The molecule has 0 aromatic heterocycles. The fourth-order valence-electron chi connectivity index (χ4n) is 1.64. The minimum atomic E-state index is 0.942. The molecular formula is C12H17N3. The molecule has 0 fully saturated rings. The maximum Gasteiger partial charge on any atom is 0.128 e. The third kappa shape index (κ3) is 2.29. The monoisotopic (exact) mass is 203 g/mol. The van der Waals surface area contributed by atoms with Crippen LogP contribution >= 0.6 is 0 Å². The van der Waals surface area contributed by atoms with E-state index in [9.17, 15) is 0 Å². The Morgan fingerprint density at radius 1 is 1.20 bits per heavy atom. The van der Waals surface area contributed by atoms with Crippen LogP contribution in [0.2, 0.25) is 0 Å². The van der Waals surface area contributed by atoms with E-state index < -0.39 is 0 Å². The number of benzene rings is 1. The summed E-state index contributed by atoms with van der Waals surface area (Å²) in [5, 5.41) is 3.32. The lowest BCUT2D eigenvalue weighted by Gasteiger charge is -2.16. The van der Waals surface area contributed by atoms with Crippen LogP contribution in [0, 0.1) is 0 Å². The Morgan fingerprint density at radius 2 is 1.93 bits per heavy atom. The first-order valence-electron chi connectivity index (χ1n) is 5.33. The number of amidine groups is 1. The number of nitrogens with one attached hydrogen (secondary N) is 1. The van der Waals surface area contributed by atoms with Crippen LogP contribution in [0.1, 0.15) is 12.0 Å². The van der Waals surface area contributed by atoms with Gasteiger partial charge in [0.25, 0.3) is 0 Å². The average molecular weight is 203 g/mol. The molecule has 0 bridgehead atoms. The number of hydrogen-bond acceptors (Lipinski definition) is 3. The van der Waals surface area contributed by atoms with Gasteiger partial charge in [-0.2, -0.15) is 0 Å². The molecule has 1 aliphatic rings. The Kier molecular flexibility index (Phi) is 2.90. The highest BCUT2D eigenvalue weighted by Crippen LogP contribution is 2.13. The molecule has 80 valence electrons. The van der Waals surface area contributed by atoms with Crippen molar-refractivity contribution in [3.8, 4) is 0 Å². The molecular weight excluding hydrogens is 186 g/mol. The molecule has 0 saturated heterocycles. The van der Waals surface area contributed by atoms with Crippen LogP contribution in [0.25, 0.3) is 0 Å². The summed E-state index contributed by atoms with van der Waals surface area (Å²) < 4.78 is 0. The summed E-state index contributed by atoms with van der Waals surface area (Å²) in [5.41, 5.74) is 2.40. The van der Waals surface area contributed by atoms with Crippen molar-refractivity contribution in [1.82, 2.24) is 5.32 Å². The zero-order valence-electron chi connectivity index (χ0n) is 9.33. The van der Waals surface area contributed by atoms with Gasteiger partial charge in [-0.05, 0) is 30.7 Å². The van der Waals surface area contributed by atoms with Crippen LogP contribution in [-0.4, -0.2) is 33.0 Å². The van der Waals surface area contributed by atoms with Crippen molar-refractivity contribution < 1.29 is 0 Å². The first kappa shape index (κ1) is 10.0. The van der Waals surface area contributed by atoms with Gasteiger partial charge in [0.2, 0.25) is 0 Å². The SMILES string of the molecule is CN(C)c1ccc(C2=NCCCN2)cc1. The minimum absolute atomic E-state index is 0.942. The lowest BCUT2D eigenvalue weighted by Crippen LogP contribution is -2.30. The molecule has 0 atom stereocenters. The van der Waals surface area contributed by atoms with Crippen molar-refractivity contribution >= 4 is 11.5 Å². The zero-order chi connectivity index (χ0) is 10.7. The molecule has 0 unspecified atom stereocenters. The quantitative estimate of drug-likeness (QED) is 0.788. The summed E-state index contributed by atoms with van der Waals surface area (Å²) in [7, 11) is 4.09. The third-order valence-electron chi connectivity index (χ3n) is 2.55. The smallest absolute Gasteiger partial charge is 0.128 e. The lowest BCUT2D eigenvalue weighted by molar-refractivity contribution is 0.742. The molecule has 0 aliphatic carbocycles. The molecule has 0 spiro atoms. The second-order valence-electron chi connectivity index (χ2n) is 3.95. The number of hydrogen-bond donors (Lipinski definition) is 1. The van der Waals surface area contributed by atoms with E-state index in [1.54, 1.807) is 0 Å². The van der Waals surface area contributed by atoms with Crippen LogP contribution < -0.4 is 10.2 Å². The van der Waals surface area contributed by atoms with E-state index in [0.29, 0.717) is 0 Å². The predicted molar refractivity (Wildman–Crippen MR) is 64.8 cm³/mol. The van der Waals surface area contributed by atoms with Crippen LogP contribution in [0.5, 0.6) is 0 Å². The third-order valence-corrected chi connectivity index (χ3v) is 2.55. The van der Waals surface area contributed by atoms with Crippen molar-refractivity contribution in [2.45, 2.75) is 6.42 Å². The maximum atomic E-state index is 4.47. The second-order valence-corrected chi connectivity index (χ2v) is 3.95. The van der Waals surface area contributed by atoms with Crippen LogP contribution in [-0.2, 0) is 0 Å². The molecule has 0 saturated carbocycles. The number of rotatable bonds is 2. The van der Waals surface area contributed by atoms with Gasteiger partial charge in [-0.3, -0.25) is 4.99 Å². The number of aliphatic imine (C=N–C) groups is 1. The van der Waals surface area contributed by atoms with Gasteiger partial charge in [-0.25, -0.2) is 0 Å². The van der Waals surface area contributed by atoms with E-state index in [4.69, 9.17) is 0 Å². The van der Waals surface area contributed by atoms with Gasteiger partial charge < -0.3 is 10.2 Å². The molecule has 1 N–H and O–H groups in total. The van der Waals surface area contributed by atoms with E-state index in [0.717, 1.165) is 25.3 Å². The summed E-state index contributed by atoms with van der Waals surface area (Å²) in [6.07, 6.45) is 1.14. The summed E-state index contributed by atoms with van der Waals surface area (Å²) >= 11 is 0. The fourth-order valence-corrected chi connectivity index (χ4v) is 1.64. The van der Waals surface area contributed by atoms with Gasteiger partial charge in [-0.1, -0.05) is 0 Å². The average Bonchev–Trinajstić information content (AvgIpc) is 2.30. The normalized spacial score (nSPS) is 15.5. The molecule has 1 heterocycles. The minimum Gasteiger partial charge on any atom is -0.378 e. The van der Waals surface area contributed by atoms with E-state index in [2.05, 4.69) is 39.5 Å². The highest BCUT2D eigenvalue weighted by molar-refractivity contribution is 5.99. The second kappa shape index (κ2) is 4.34. The van der Waals surface area contributed by atoms with Gasteiger partial charge in [0.1, 0.15) is 5.84 Å². The first-order chi connectivity index (χ1) is 7.27. The molecule has 1 aliphatic heterocycles. The molecule has 0 radical (unpaired) electrons. The lowest BCUT2D eigenvalue weighted by atomic mass is 10.1. The molecule has 3 heteroatoms. The van der Waals surface area contributed by atoms with Crippen molar-refractivity contribution in [2.75, 3.05) is 32.1 Å². The topological polar surface area (TPSA) is 27.6 Å². The van der Waals surface area contributed by atoms with Gasteiger partial charge in [0, 0.05) is 38.4 Å². The Morgan fingerprint density at radius 3 is 2.47 bits per heavy atom. The Labute approximate surface area is 90.8 Å². The molecule has 15 heavy (non-hydrogen) atoms. The standard InChI is InChI=1S/C12H17N3/c1-15(2)11-6-4-10(5-7-11)12-13-8-3-9-14-12/h4-7H,3,8-9H2,1-2H3,(H,13,14). The van der Waals surface area contributed by atoms with Crippen LogP contribution in [0.4, 0.5) is 5.69 Å². The van der Waals surface area contributed by atoms with Gasteiger partial charge in [-0.15, -0.1) is 0 Å². The summed E-state index contributed by atoms with van der Waals surface area (Å²) in [5.74, 6) is 1.03. The summed E-state index contributed by atoms with van der Waals surface area (Å²) in [6, 6.07) is 8.47. The van der Waals surface area contributed by atoms with Crippen LogP contribution in [0.3, 0.4) is 0 Å². The Bertz CT molecular complexity index is 352. The van der Waals surface area contributed by atoms with E-state index in [1.807, 2.05) is 14.1 Å². The van der Waals surface area contributed by atoms with Crippen molar-refractivity contribution in [3.05, 3.63) is 29.8 Å². The Hall–Kier alpha value is -1.51. The van der Waals surface area contributed by atoms with Gasteiger partial charge in [0.05, 0.1) is 0 Å². The van der Waals surface area contributed by atoms with Crippen molar-refractivity contribution in [2.24, 2.45) is 4.99 Å². The summed E-state index contributed by atoms with van der Waals surface area (Å²) in [6.45, 7) is 1.98. The van der Waals surface area contributed by atoms with E-state index >= 15 is 0 Å². The Balaban J connectivity index is 2.19. The highest BCUT2D eigenvalue weighted by Gasteiger charge is 2.06. The maximum absolute atomic E-state index is 4.47. The van der Waals surface area contributed by atoms with Crippen molar-refractivity contribution in [3.63, 3.8) is 0 Å². The molecule has 1 aromatic rings. The largest absolute Gasteiger partial charge is 0.378 e. The van der Waals surface area contributed by atoms with Gasteiger partial charge >= 0.3 is 0 Å². The van der Waals surface area contributed by atoms with Crippen molar-refractivity contribution in [1.29, 1.82) is 0 Å². The molecule has 1 aromatic carbocycles. The highest BCUT2D eigenvalue weighted by atomic mass is 15.1.